The molecule has 102 valence electrons. The summed E-state index contributed by atoms with van der Waals surface area (Å²) in [7, 11) is 3.91. The summed E-state index contributed by atoms with van der Waals surface area (Å²) in [6.07, 6.45) is 3.63. The Balaban J connectivity index is 1.93. The van der Waals surface area contributed by atoms with Gasteiger partial charge in [-0.15, -0.1) is 0 Å². The number of carbonyl (C=O) groups is 1. The molecule has 2 aliphatic rings. The number of rotatable bonds is 2. The van der Waals surface area contributed by atoms with Gasteiger partial charge in [-0.05, 0) is 43.4 Å². The van der Waals surface area contributed by atoms with E-state index in [9.17, 15) is 4.79 Å². The molecule has 4 nitrogen and oxygen atoms in total. The molecule has 1 saturated carbocycles. The van der Waals surface area contributed by atoms with Gasteiger partial charge in [-0.25, -0.2) is 0 Å². The topological polar surface area (TPSA) is 49.6 Å². The maximum absolute atomic E-state index is 12.8. The van der Waals surface area contributed by atoms with Crippen LogP contribution in [0.2, 0.25) is 0 Å². The monoisotopic (exact) mass is 259 g/mol. The number of likely N-dealkylation sites (tertiary alicyclic amines) is 1. The van der Waals surface area contributed by atoms with Gasteiger partial charge in [0.15, 0.2) is 0 Å². The molecule has 0 radical (unpaired) electrons. The zero-order chi connectivity index (χ0) is 13.6. The Morgan fingerprint density at radius 1 is 1.37 bits per heavy atom. The van der Waals surface area contributed by atoms with Crippen molar-refractivity contribution in [2.45, 2.75) is 25.3 Å². The number of nitrogens with zero attached hydrogens (tertiary/aromatic N) is 2. The van der Waals surface area contributed by atoms with Gasteiger partial charge >= 0.3 is 0 Å². The lowest BCUT2D eigenvalue weighted by Crippen LogP contribution is -2.38. The number of nitrogen functional groups attached to an aromatic ring is 1. The zero-order valence-corrected chi connectivity index (χ0v) is 11.6. The summed E-state index contributed by atoms with van der Waals surface area (Å²) in [5.41, 5.74) is 8.18. The largest absolute Gasteiger partial charge is 0.399 e. The molecule has 3 rings (SSSR count). The molecule has 0 aromatic heterocycles. The Bertz CT molecular complexity index is 512. The lowest BCUT2D eigenvalue weighted by atomic mass is 10.1. The van der Waals surface area contributed by atoms with Crippen LogP contribution < -0.4 is 10.6 Å². The van der Waals surface area contributed by atoms with Crippen molar-refractivity contribution in [3.8, 4) is 0 Å². The summed E-state index contributed by atoms with van der Waals surface area (Å²) < 4.78 is 0. The number of fused-ring (bicyclic) bond motifs is 2. The average Bonchev–Trinajstić information content (AvgIpc) is 2.99. The number of anilines is 2. The predicted octanol–water partition coefficient (Wildman–Crippen LogP) is 1.96. The molecule has 1 aromatic rings. The molecular weight excluding hydrogens is 238 g/mol. The number of amides is 1. The number of benzene rings is 1. The number of hydrogen-bond acceptors (Lipinski definition) is 3. The number of hydrogen-bond donors (Lipinski definition) is 1. The molecule has 2 atom stereocenters. The van der Waals surface area contributed by atoms with Gasteiger partial charge in [-0.2, -0.15) is 0 Å². The van der Waals surface area contributed by atoms with Crippen LogP contribution >= 0.6 is 0 Å². The van der Waals surface area contributed by atoms with Crippen LogP contribution in [0.5, 0.6) is 0 Å². The average molecular weight is 259 g/mol. The Morgan fingerprint density at radius 2 is 2.16 bits per heavy atom. The molecule has 1 saturated heterocycles. The quantitative estimate of drug-likeness (QED) is 0.826. The molecule has 2 bridgehead atoms. The van der Waals surface area contributed by atoms with Crippen molar-refractivity contribution in [1.82, 2.24) is 4.90 Å². The predicted molar refractivity (Wildman–Crippen MR) is 77.3 cm³/mol. The highest BCUT2D eigenvalue weighted by Gasteiger charge is 2.40. The van der Waals surface area contributed by atoms with E-state index < -0.39 is 0 Å². The van der Waals surface area contributed by atoms with Crippen molar-refractivity contribution in [2.24, 2.45) is 5.92 Å². The number of carbonyl (C=O) groups excluding carboxylic acids is 1. The van der Waals surface area contributed by atoms with E-state index in [4.69, 9.17) is 5.73 Å². The summed E-state index contributed by atoms with van der Waals surface area (Å²) in [6, 6.07) is 6.04. The molecule has 2 fully saturated rings. The summed E-state index contributed by atoms with van der Waals surface area (Å²) in [5.74, 6) is 0.862. The van der Waals surface area contributed by atoms with Crippen molar-refractivity contribution in [2.75, 3.05) is 31.3 Å². The summed E-state index contributed by atoms with van der Waals surface area (Å²) in [5, 5.41) is 0. The Hall–Kier alpha value is -1.71. The van der Waals surface area contributed by atoms with E-state index in [1.165, 1.54) is 12.8 Å². The number of nitrogens with two attached hydrogens (primary N) is 1. The van der Waals surface area contributed by atoms with Crippen LogP contribution in [0, 0.1) is 5.92 Å². The fourth-order valence-corrected chi connectivity index (χ4v) is 3.44. The molecule has 1 heterocycles. The maximum Gasteiger partial charge on any atom is 0.256 e. The van der Waals surface area contributed by atoms with Crippen LogP contribution in [-0.2, 0) is 0 Å². The van der Waals surface area contributed by atoms with Crippen molar-refractivity contribution in [3.63, 3.8) is 0 Å². The molecule has 0 spiro atoms. The van der Waals surface area contributed by atoms with Crippen LogP contribution in [0.1, 0.15) is 29.6 Å². The third kappa shape index (κ3) is 2.05. The van der Waals surface area contributed by atoms with Gasteiger partial charge in [0.1, 0.15) is 0 Å². The highest BCUT2D eigenvalue weighted by Crippen LogP contribution is 2.39. The molecule has 1 aromatic carbocycles. The van der Waals surface area contributed by atoms with E-state index in [1.54, 1.807) is 0 Å². The zero-order valence-electron chi connectivity index (χ0n) is 11.6. The van der Waals surface area contributed by atoms with Gasteiger partial charge in [-0.3, -0.25) is 4.79 Å². The van der Waals surface area contributed by atoms with E-state index in [0.29, 0.717) is 11.7 Å². The van der Waals surface area contributed by atoms with Crippen molar-refractivity contribution < 1.29 is 4.79 Å². The molecule has 4 heteroatoms. The Kier molecular flexibility index (Phi) is 2.88. The van der Waals surface area contributed by atoms with Gasteiger partial charge < -0.3 is 15.5 Å². The first-order valence-corrected chi connectivity index (χ1v) is 6.94. The van der Waals surface area contributed by atoms with Gasteiger partial charge in [0.25, 0.3) is 5.91 Å². The Labute approximate surface area is 114 Å². The fourth-order valence-electron chi connectivity index (χ4n) is 3.44. The van der Waals surface area contributed by atoms with Crippen LogP contribution in [-0.4, -0.2) is 37.5 Å². The molecule has 1 amide bonds. The maximum atomic E-state index is 12.8. The minimum Gasteiger partial charge on any atom is -0.399 e. The second-order valence-electron chi connectivity index (χ2n) is 5.96. The lowest BCUT2D eigenvalue weighted by Gasteiger charge is -2.29. The first-order valence-electron chi connectivity index (χ1n) is 6.94. The SMILES string of the molecule is CN(C)c1ccc(N)cc1C(=O)N1CC2CCC1C2. The molecule has 2 N–H and O–H groups in total. The van der Waals surface area contributed by atoms with Crippen molar-refractivity contribution in [1.29, 1.82) is 0 Å². The smallest absolute Gasteiger partial charge is 0.256 e. The molecular formula is C15H21N3O. The summed E-state index contributed by atoms with van der Waals surface area (Å²) in [4.78, 5) is 16.8. The van der Waals surface area contributed by atoms with Crippen molar-refractivity contribution in [3.05, 3.63) is 23.8 Å². The highest BCUT2D eigenvalue weighted by molar-refractivity contribution is 6.01. The second kappa shape index (κ2) is 4.44. The second-order valence-corrected chi connectivity index (χ2v) is 5.96. The van der Waals surface area contributed by atoms with E-state index >= 15 is 0 Å². The van der Waals surface area contributed by atoms with E-state index in [-0.39, 0.29) is 5.91 Å². The number of piperidine rings is 1. The Morgan fingerprint density at radius 3 is 2.74 bits per heavy atom. The lowest BCUT2D eigenvalue weighted by molar-refractivity contribution is 0.0704. The molecule has 2 unspecified atom stereocenters. The highest BCUT2D eigenvalue weighted by atomic mass is 16.2. The summed E-state index contributed by atoms with van der Waals surface area (Å²) in [6.45, 7) is 0.922. The van der Waals surface area contributed by atoms with Crippen LogP contribution in [0.3, 0.4) is 0 Å². The first kappa shape index (κ1) is 12.3. The van der Waals surface area contributed by atoms with Gasteiger partial charge in [0.05, 0.1) is 5.56 Å². The van der Waals surface area contributed by atoms with Crippen molar-refractivity contribution >= 4 is 17.3 Å². The van der Waals surface area contributed by atoms with Crippen LogP contribution in [0.15, 0.2) is 18.2 Å². The third-order valence-corrected chi connectivity index (χ3v) is 4.40. The molecule has 1 aliphatic carbocycles. The van der Waals surface area contributed by atoms with Gasteiger partial charge in [0, 0.05) is 38.1 Å². The minimum atomic E-state index is 0.142. The summed E-state index contributed by atoms with van der Waals surface area (Å²) >= 11 is 0. The molecule has 1 aliphatic heterocycles. The first-order chi connectivity index (χ1) is 9.06. The van der Waals surface area contributed by atoms with E-state index in [0.717, 1.165) is 30.1 Å². The van der Waals surface area contributed by atoms with E-state index in [1.807, 2.05) is 37.2 Å². The van der Waals surface area contributed by atoms with E-state index in [2.05, 4.69) is 4.90 Å². The van der Waals surface area contributed by atoms with Gasteiger partial charge in [-0.1, -0.05) is 0 Å². The third-order valence-electron chi connectivity index (χ3n) is 4.40. The standard InChI is InChI=1S/C15H21N3O/c1-17(2)14-6-4-11(16)8-13(14)15(19)18-9-10-3-5-12(18)7-10/h4,6,8,10,12H,3,5,7,9,16H2,1-2H3. The normalized spacial score (nSPS) is 24.8. The van der Waals surface area contributed by atoms with Crippen LogP contribution in [0.25, 0.3) is 0 Å². The van der Waals surface area contributed by atoms with Crippen LogP contribution in [0.4, 0.5) is 11.4 Å². The fraction of sp³-hybridized carbons (Fsp3) is 0.533. The minimum absolute atomic E-state index is 0.142. The molecule has 19 heavy (non-hydrogen) atoms. The van der Waals surface area contributed by atoms with Gasteiger partial charge in [0.2, 0.25) is 0 Å².